The van der Waals surface area contributed by atoms with E-state index in [1.807, 2.05) is 6.92 Å². The summed E-state index contributed by atoms with van der Waals surface area (Å²) in [6, 6.07) is 1.76. The third-order valence-corrected chi connectivity index (χ3v) is 6.63. The molecule has 2 rings (SSSR count). The molecule has 0 atom stereocenters. The molecule has 152 valence electrons. The first-order valence-electron chi connectivity index (χ1n) is 8.79. The Kier molecular flexibility index (Phi) is 8.94. The standard InChI is InChI=1S/C18H22N2O5S3/c1-4-12-8-13(17(23)25-6-3)16(28-12)20-14(21)10-27-18-19-11(9-26-18)7-15(22)24-5-2/h8-9H,4-7,10H2,1-3H3,(H,20,21). The number of carbonyl (C=O) groups is 3. The molecule has 1 amide bonds. The minimum atomic E-state index is -0.440. The average molecular weight is 443 g/mol. The lowest BCUT2D eigenvalue weighted by Crippen LogP contribution is -2.15. The quantitative estimate of drug-likeness (QED) is 0.442. The molecular formula is C18H22N2O5S3. The van der Waals surface area contributed by atoms with Gasteiger partial charge in [-0.1, -0.05) is 18.7 Å². The van der Waals surface area contributed by atoms with Gasteiger partial charge in [-0.25, -0.2) is 9.78 Å². The van der Waals surface area contributed by atoms with Crippen molar-refractivity contribution in [3.05, 3.63) is 27.6 Å². The second kappa shape index (κ2) is 11.2. The molecule has 2 heterocycles. The molecule has 2 aromatic heterocycles. The summed E-state index contributed by atoms with van der Waals surface area (Å²) in [5.41, 5.74) is 1.01. The topological polar surface area (TPSA) is 94.6 Å². The number of thiazole rings is 1. The molecule has 0 unspecified atom stereocenters. The number of thiophene rings is 1. The third kappa shape index (κ3) is 6.61. The van der Waals surface area contributed by atoms with Gasteiger partial charge in [-0.2, -0.15) is 0 Å². The van der Waals surface area contributed by atoms with E-state index in [0.717, 1.165) is 11.3 Å². The van der Waals surface area contributed by atoms with Crippen molar-refractivity contribution in [2.24, 2.45) is 0 Å². The molecule has 10 heteroatoms. The molecule has 2 aromatic rings. The Morgan fingerprint density at radius 2 is 1.93 bits per heavy atom. The summed E-state index contributed by atoms with van der Waals surface area (Å²) < 4.78 is 10.6. The van der Waals surface area contributed by atoms with Crippen molar-refractivity contribution >= 4 is 57.3 Å². The summed E-state index contributed by atoms with van der Waals surface area (Å²) in [5, 5.41) is 5.07. The molecule has 7 nitrogen and oxygen atoms in total. The number of esters is 2. The lowest BCUT2D eigenvalue weighted by atomic mass is 10.2. The van der Waals surface area contributed by atoms with E-state index in [9.17, 15) is 14.4 Å². The maximum Gasteiger partial charge on any atom is 0.341 e. The zero-order valence-corrected chi connectivity index (χ0v) is 18.4. The molecule has 0 aromatic carbocycles. The number of nitrogens with zero attached hydrogens (tertiary/aromatic N) is 1. The summed E-state index contributed by atoms with van der Waals surface area (Å²) in [4.78, 5) is 41.2. The fourth-order valence-corrected chi connectivity index (χ4v) is 4.80. The van der Waals surface area contributed by atoms with Crippen molar-refractivity contribution in [2.45, 2.75) is 38.0 Å². The maximum absolute atomic E-state index is 12.3. The van der Waals surface area contributed by atoms with Crippen LogP contribution >= 0.6 is 34.4 Å². The largest absolute Gasteiger partial charge is 0.466 e. The van der Waals surface area contributed by atoms with Crippen molar-refractivity contribution in [3.8, 4) is 0 Å². The monoisotopic (exact) mass is 442 g/mol. The predicted molar refractivity (Wildman–Crippen MR) is 111 cm³/mol. The van der Waals surface area contributed by atoms with Gasteiger partial charge in [-0.05, 0) is 26.3 Å². The van der Waals surface area contributed by atoms with Gasteiger partial charge in [0.2, 0.25) is 5.91 Å². The number of hydrogen-bond donors (Lipinski definition) is 1. The van der Waals surface area contributed by atoms with Crippen LogP contribution in [-0.4, -0.2) is 41.8 Å². The second-order valence-corrected chi connectivity index (χ2v) is 8.67. The van der Waals surface area contributed by atoms with Gasteiger partial charge in [0.15, 0.2) is 4.34 Å². The van der Waals surface area contributed by atoms with Gasteiger partial charge in [-0.15, -0.1) is 22.7 Å². The summed E-state index contributed by atoms with van der Waals surface area (Å²) in [7, 11) is 0. The Balaban J connectivity index is 1.92. The number of nitrogens with one attached hydrogen (secondary N) is 1. The zero-order chi connectivity index (χ0) is 20.5. The Hall–Kier alpha value is -1.91. The second-order valence-electron chi connectivity index (χ2n) is 5.45. The predicted octanol–water partition coefficient (Wildman–Crippen LogP) is 3.78. The van der Waals surface area contributed by atoms with E-state index in [2.05, 4.69) is 10.3 Å². The number of thioether (sulfide) groups is 1. The van der Waals surface area contributed by atoms with Gasteiger partial charge in [0.25, 0.3) is 0 Å². The van der Waals surface area contributed by atoms with Crippen molar-refractivity contribution in [1.82, 2.24) is 4.98 Å². The highest BCUT2D eigenvalue weighted by molar-refractivity contribution is 8.01. The van der Waals surface area contributed by atoms with Crippen LogP contribution in [0, 0.1) is 0 Å². The molecule has 28 heavy (non-hydrogen) atoms. The van der Waals surface area contributed by atoms with Gasteiger partial charge in [0.1, 0.15) is 5.00 Å². The van der Waals surface area contributed by atoms with Crippen molar-refractivity contribution in [3.63, 3.8) is 0 Å². The number of rotatable bonds is 10. The van der Waals surface area contributed by atoms with Crippen molar-refractivity contribution in [2.75, 3.05) is 24.3 Å². The molecule has 0 saturated carbocycles. The molecule has 1 N–H and O–H groups in total. The molecule has 0 aliphatic rings. The summed E-state index contributed by atoms with van der Waals surface area (Å²) in [6.07, 6.45) is 0.888. The lowest BCUT2D eigenvalue weighted by Gasteiger charge is -2.05. The number of hydrogen-bond acceptors (Lipinski definition) is 9. The minimum absolute atomic E-state index is 0.120. The molecule has 0 fully saturated rings. The maximum atomic E-state index is 12.3. The van der Waals surface area contributed by atoms with E-state index in [4.69, 9.17) is 9.47 Å². The van der Waals surface area contributed by atoms with Crippen LogP contribution in [0.2, 0.25) is 0 Å². The van der Waals surface area contributed by atoms with Crippen LogP contribution in [0.5, 0.6) is 0 Å². The van der Waals surface area contributed by atoms with E-state index < -0.39 is 5.97 Å². The molecule has 0 bridgehead atoms. The highest BCUT2D eigenvalue weighted by atomic mass is 32.2. The molecular weight excluding hydrogens is 420 g/mol. The van der Waals surface area contributed by atoms with Crippen LogP contribution in [0.25, 0.3) is 0 Å². The van der Waals surface area contributed by atoms with Gasteiger partial charge < -0.3 is 14.8 Å². The van der Waals surface area contributed by atoms with Crippen molar-refractivity contribution < 1.29 is 23.9 Å². The molecule has 0 aliphatic heterocycles. The highest BCUT2D eigenvalue weighted by Gasteiger charge is 2.19. The van der Waals surface area contributed by atoms with Gasteiger partial charge in [0.05, 0.1) is 36.6 Å². The fraction of sp³-hybridized carbons (Fsp3) is 0.444. The van der Waals surface area contributed by atoms with E-state index in [0.29, 0.717) is 27.2 Å². The first kappa shape index (κ1) is 22.4. The first-order valence-corrected chi connectivity index (χ1v) is 11.5. The van der Waals surface area contributed by atoms with Crippen LogP contribution in [-0.2, 0) is 31.9 Å². The average Bonchev–Trinajstić information content (AvgIpc) is 3.27. The number of amides is 1. The Bertz CT molecular complexity index is 831. The van der Waals surface area contributed by atoms with E-state index in [-0.39, 0.29) is 30.7 Å². The number of aryl methyl sites for hydroxylation is 1. The van der Waals surface area contributed by atoms with E-state index in [1.54, 1.807) is 25.3 Å². The summed E-state index contributed by atoms with van der Waals surface area (Å²) in [5.74, 6) is -0.848. The Morgan fingerprint density at radius 1 is 1.18 bits per heavy atom. The number of ether oxygens (including phenoxy) is 2. The van der Waals surface area contributed by atoms with Gasteiger partial charge in [0, 0.05) is 10.3 Å². The number of anilines is 1. The van der Waals surface area contributed by atoms with Gasteiger partial charge in [-0.3, -0.25) is 9.59 Å². The Labute approximate surface area is 175 Å². The van der Waals surface area contributed by atoms with E-state index >= 15 is 0 Å². The zero-order valence-electron chi connectivity index (χ0n) is 15.9. The summed E-state index contributed by atoms with van der Waals surface area (Å²) >= 11 is 4.02. The number of aromatic nitrogens is 1. The molecule has 0 aliphatic carbocycles. The Morgan fingerprint density at radius 3 is 2.61 bits per heavy atom. The van der Waals surface area contributed by atoms with Gasteiger partial charge >= 0.3 is 11.9 Å². The fourth-order valence-electron chi connectivity index (χ4n) is 2.16. The SMILES string of the molecule is CCOC(=O)Cc1csc(SCC(=O)Nc2sc(CC)cc2C(=O)OCC)n1. The normalized spacial score (nSPS) is 10.5. The van der Waals surface area contributed by atoms with Crippen LogP contribution < -0.4 is 5.32 Å². The molecule has 0 radical (unpaired) electrons. The van der Waals surface area contributed by atoms with Crippen LogP contribution in [0.3, 0.4) is 0 Å². The van der Waals surface area contributed by atoms with E-state index in [1.165, 1.54) is 34.4 Å². The first-order chi connectivity index (χ1) is 13.5. The third-order valence-electron chi connectivity index (χ3n) is 3.37. The minimum Gasteiger partial charge on any atom is -0.466 e. The van der Waals surface area contributed by atoms with Crippen LogP contribution in [0.1, 0.15) is 41.7 Å². The lowest BCUT2D eigenvalue weighted by molar-refractivity contribution is -0.142. The van der Waals surface area contributed by atoms with Crippen molar-refractivity contribution in [1.29, 1.82) is 0 Å². The summed E-state index contributed by atoms with van der Waals surface area (Å²) in [6.45, 7) is 6.09. The van der Waals surface area contributed by atoms with Crippen LogP contribution in [0.15, 0.2) is 15.8 Å². The highest BCUT2D eigenvalue weighted by Crippen LogP contribution is 2.30. The number of carbonyl (C=O) groups excluding carboxylic acids is 3. The molecule has 0 spiro atoms. The van der Waals surface area contributed by atoms with Crippen LogP contribution in [0.4, 0.5) is 5.00 Å². The molecule has 0 saturated heterocycles. The smallest absolute Gasteiger partial charge is 0.341 e.